The highest BCUT2D eigenvalue weighted by atomic mass is 16.5. The van der Waals surface area contributed by atoms with Gasteiger partial charge in [0.05, 0.1) is 12.0 Å². The molecule has 4 rings (SSSR count). The minimum atomic E-state index is -0.878. The molecule has 6 heteroatoms. The lowest BCUT2D eigenvalue weighted by Crippen LogP contribution is -2.45. The van der Waals surface area contributed by atoms with Crippen LogP contribution in [0.25, 0.3) is 0 Å². The minimum absolute atomic E-state index is 0.134. The van der Waals surface area contributed by atoms with Crippen LogP contribution in [0.4, 0.5) is 0 Å². The van der Waals surface area contributed by atoms with E-state index in [1.807, 2.05) is 42.5 Å². The van der Waals surface area contributed by atoms with E-state index in [2.05, 4.69) is 0 Å². The topological polar surface area (TPSA) is 76.1 Å². The van der Waals surface area contributed by atoms with Gasteiger partial charge in [-0.15, -0.1) is 0 Å². The molecule has 0 bridgehead atoms. The third kappa shape index (κ3) is 3.47. The number of likely N-dealkylation sites (tertiary alicyclic amines) is 1. The number of aliphatic carboxylic acids is 1. The fourth-order valence-electron chi connectivity index (χ4n) is 4.06. The number of carbonyl (C=O) groups is 2. The average molecular weight is 381 g/mol. The van der Waals surface area contributed by atoms with Gasteiger partial charge < -0.3 is 19.5 Å². The molecule has 146 valence electrons. The largest absolute Gasteiger partial charge is 0.489 e. The van der Waals surface area contributed by atoms with Gasteiger partial charge >= 0.3 is 5.97 Å². The molecule has 2 saturated heterocycles. The second-order valence-corrected chi connectivity index (χ2v) is 7.47. The third-order valence-corrected chi connectivity index (χ3v) is 5.77. The molecule has 1 amide bonds. The van der Waals surface area contributed by atoms with Crippen molar-refractivity contribution in [3.05, 3.63) is 65.7 Å². The van der Waals surface area contributed by atoms with Crippen LogP contribution in [0, 0.1) is 11.3 Å². The molecule has 0 spiro atoms. The first-order chi connectivity index (χ1) is 13.6. The Bertz CT molecular complexity index is 851. The number of benzene rings is 2. The summed E-state index contributed by atoms with van der Waals surface area (Å²) in [4.78, 5) is 26.5. The summed E-state index contributed by atoms with van der Waals surface area (Å²) in [6, 6.07) is 16.8. The van der Waals surface area contributed by atoms with Gasteiger partial charge in [-0.25, -0.2) is 0 Å². The number of ether oxygens (including phenoxy) is 2. The molecule has 2 aliphatic rings. The maximum Gasteiger partial charge on any atom is 0.311 e. The summed E-state index contributed by atoms with van der Waals surface area (Å²) in [7, 11) is 0. The Morgan fingerprint density at radius 1 is 1.14 bits per heavy atom. The van der Waals surface area contributed by atoms with Crippen molar-refractivity contribution in [2.75, 3.05) is 26.3 Å². The number of fused-ring (bicyclic) bond motifs is 1. The molecule has 0 aliphatic carbocycles. The highest BCUT2D eigenvalue weighted by Gasteiger charge is 2.54. The van der Waals surface area contributed by atoms with Crippen LogP contribution in [0.3, 0.4) is 0 Å². The Morgan fingerprint density at radius 2 is 1.89 bits per heavy atom. The number of carbonyl (C=O) groups excluding carboxylic acids is 1. The first-order valence-corrected chi connectivity index (χ1v) is 9.46. The monoisotopic (exact) mass is 381 g/mol. The molecule has 2 aromatic carbocycles. The van der Waals surface area contributed by atoms with E-state index in [4.69, 9.17) is 9.47 Å². The standard InChI is InChI=1S/C22H23NO5/c24-20(23-12-18-14-27-11-10-22(18,15-23)21(25)26)17-8-6-16(7-9-17)13-28-19-4-2-1-3-5-19/h1-9,18H,10-15H2,(H,25,26)/t18-,22+/m0/s1. The highest BCUT2D eigenvalue weighted by Crippen LogP contribution is 2.42. The van der Waals surface area contributed by atoms with Crippen LogP contribution in [0.5, 0.6) is 5.75 Å². The fourth-order valence-corrected chi connectivity index (χ4v) is 4.06. The number of nitrogens with zero attached hydrogens (tertiary/aromatic N) is 1. The minimum Gasteiger partial charge on any atom is -0.489 e. The van der Waals surface area contributed by atoms with E-state index >= 15 is 0 Å². The molecule has 2 atom stereocenters. The number of para-hydroxylation sites is 1. The molecule has 1 N–H and O–H groups in total. The van der Waals surface area contributed by atoms with Crippen molar-refractivity contribution >= 4 is 11.9 Å². The molecule has 2 fully saturated rings. The van der Waals surface area contributed by atoms with Crippen molar-refractivity contribution in [2.45, 2.75) is 13.0 Å². The Kier molecular flexibility index (Phi) is 5.05. The van der Waals surface area contributed by atoms with E-state index in [1.165, 1.54) is 0 Å². The molecular weight excluding hydrogens is 358 g/mol. The Balaban J connectivity index is 1.42. The van der Waals surface area contributed by atoms with Crippen molar-refractivity contribution in [3.63, 3.8) is 0 Å². The van der Waals surface area contributed by atoms with Crippen LogP contribution in [0.15, 0.2) is 54.6 Å². The first kappa shape index (κ1) is 18.5. The molecule has 0 radical (unpaired) electrons. The second kappa shape index (κ2) is 7.64. The van der Waals surface area contributed by atoms with E-state index in [9.17, 15) is 14.7 Å². The molecule has 2 aromatic rings. The van der Waals surface area contributed by atoms with E-state index in [0.29, 0.717) is 38.3 Å². The molecule has 0 unspecified atom stereocenters. The summed E-state index contributed by atoms with van der Waals surface area (Å²) in [6.07, 6.45) is 0.451. The van der Waals surface area contributed by atoms with Crippen LogP contribution in [-0.4, -0.2) is 48.2 Å². The van der Waals surface area contributed by atoms with Gasteiger partial charge in [-0.1, -0.05) is 30.3 Å². The van der Waals surface area contributed by atoms with Crippen LogP contribution >= 0.6 is 0 Å². The lowest BCUT2D eigenvalue weighted by atomic mass is 9.74. The van der Waals surface area contributed by atoms with Crippen LogP contribution in [-0.2, 0) is 16.1 Å². The van der Waals surface area contributed by atoms with E-state index in [0.717, 1.165) is 11.3 Å². The molecular formula is C22H23NO5. The van der Waals surface area contributed by atoms with Crippen molar-refractivity contribution in [1.82, 2.24) is 4.90 Å². The fraction of sp³-hybridized carbons (Fsp3) is 0.364. The molecule has 6 nitrogen and oxygen atoms in total. The van der Waals surface area contributed by atoms with Gasteiger partial charge in [0.2, 0.25) is 0 Å². The van der Waals surface area contributed by atoms with Gasteiger partial charge in [0.1, 0.15) is 12.4 Å². The zero-order chi connectivity index (χ0) is 19.6. The summed E-state index contributed by atoms with van der Waals surface area (Å²) >= 11 is 0. The van der Waals surface area contributed by atoms with Crippen molar-refractivity contribution < 1.29 is 24.2 Å². The van der Waals surface area contributed by atoms with Gasteiger partial charge in [0.25, 0.3) is 5.91 Å². The maximum atomic E-state index is 12.9. The molecule has 2 aliphatic heterocycles. The molecule has 2 heterocycles. The van der Waals surface area contributed by atoms with Gasteiger partial charge in [0.15, 0.2) is 0 Å². The predicted molar refractivity (Wildman–Crippen MR) is 102 cm³/mol. The summed E-state index contributed by atoms with van der Waals surface area (Å²) in [5.74, 6) is -0.320. The summed E-state index contributed by atoms with van der Waals surface area (Å²) in [5, 5.41) is 9.75. The zero-order valence-electron chi connectivity index (χ0n) is 15.5. The number of hydrogen-bond donors (Lipinski definition) is 1. The van der Waals surface area contributed by atoms with E-state index in [-0.39, 0.29) is 18.4 Å². The van der Waals surface area contributed by atoms with Crippen LogP contribution in [0.2, 0.25) is 0 Å². The SMILES string of the molecule is O=C(c1ccc(COc2ccccc2)cc1)N1C[C@H]2COCC[C@@]2(C(=O)O)C1. The predicted octanol–water partition coefficient (Wildman–Crippen LogP) is 2.83. The third-order valence-electron chi connectivity index (χ3n) is 5.77. The van der Waals surface area contributed by atoms with Crippen molar-refractivity contribution in [1.29, 1.82) is 0 Å². The molecule has 0 saturated carbocycles. The second-order valence-electron chi connectivity index (χ2n) is 7.47. The quantitative estimate of drug-likeness (QED) is 0.862. The zero-order valence-corrected chi connectivity index (χ0v) is 15.5. The lowest BCUT2D eigenvalue weighted by Gasteiger charge is -2.33. The average Bonchev–Trinajstić information content (AvgIpc) is 3.14. The van der Waals surface area contributed by atoms with Crippen molar-refractivity contribution in [3.8, 4) is 5.75 Å². The number of amides is 1. The summed E-state index contributed by atoms with van der Waals surface area (Å²) in [5.41, 5.74) is 0.645. The van der Waals surface area contributed by atoms with Gasteiger partial charge in [-0.3, -0.25) is 9.59 Å². The van der Waals surface area contributed by atoms with E-state index < -0.39 is 11.4 Å². The number of carboxylic acid groups (broad SMARTS) is 1. The normalized spacial score (nSPS) is 23.9. The van der Waals surface area contributed by atoms with Crippen molar-refractivity contribution in [2.24, 2.45) is 11.3 Å². The van der Waals surface area contributed by atoms with Crippen LogP contribution < -0.4 is 4.74 Å². The van der Waals surface area contributed by atoms with Gasteiger partial charge in [-0.2, -0.15) is 0 Å². The van der Waals surface area contributed by atoms with Gasteiger partial charge in [-0.05, 0) is 36.2 Å². The maximum absolute atomic E-state index is 12.9. The van der Waals surface area contributed by atoms with E-state index in [1.54, 1.807) is 17.0 Å². The summed E-state index contributed by atoms with van der Waals surface area (Å²) < 4.78 is 11.2. The summed E-state index contributed by atoms with van der Waals surface area (Å²) in [6.45, 7) is 1.91. The Hall–Kier alpha value is -2.86. The van der Waals surface area contributed by atoms with Crippen LogP contribution in [0.1, 0.15) is 22.3 Å². The smallest absolute Gasteiger partial charge is 0.311 e. The number of carboxylic acids is 1. The Labute approximate surface area is 163 Å². The molecule has 0 aromatic heterocycles. The molecule has 28 heavy (non-hydrogen) atoms. The Morgan fingerprint density at radius 3 is 2.57 bits per heavy atom. The first-order valence-electron chi connectivity index (χ1n) is 9.46. The highest BCUT2D eigenvalue weighted by molar-refractivity contribution is 5.95. The number of hydrogen-bond acceptors (Lipinski definition) is 4. The van der Waals surface area contributed by atoms with Gasteiger partial charge in [0, 0.05) is 31.2 Å². The number of rotatable bonds is 5. The lowest BCUT2D eigenvalue weighted by molar-refractivity contribution is -0.157.